The van der Waals surface area contributed by atoms with E-state index in [2.05, 4.69) is 15.1 Å². The van der Waals surface area contributed by atoms with Crippen LogP contribution in [0.15, 0.2) is 42.6 Å². The Bertz CT molecular complexity index is 962. The Morgan fingerprint density at radius 1 is 1.00 bits per heavy atom. The Kier molecular flexibility index (Phi) is 5.16. The first-order valence-corrected chi connectivity index (χ1v) is 9.11. The normalized spacial score (nSPS) is 16.8. The highest BCUT2D eigenvalue weighted by Crippen LogP contribution is 2.36. The van der Waals surface area contributed by atoms with Crippen molar-refractivity contribution in [2.45, 2.75) is 6.10 Å². The fraction of sp³-hybridized carbons (Fsp3) is 0.333. The minimum Gasteiger partial charge on any atom is -0.497 e. The Balaban J connectivity index is 1.66. The SMILES string of the molecule is COc1ccc([C@H]2CN(c3cnnc4cc(OC)c(OC)cc34)CCO2)cc1. The van der Waals surface area contributed by atoms with Gasteiger partial charge in [-0.15, -0.1) is 0 Å². The smallest absolute Gasteiger partial charge is 0.162 e. The predicted molar refractivity (Wildman–Crippen MR) is 107 cm³/mol. The van der Waals surface area contributed by atoms with Crippen molar-refractivity contribution in [1.82, 2.24) is 10.2 Å². The number of methoxy groups -OCH3 is 3. The van der Waals surface area contributed by atoms with Crippen molar-refractivity contribution in [1.29, 1.82) is 0 Å². The molecule has 7 nitrogen and oxygen atoms in total. The molecule has 1 aromatic heterocycles. The molecule has 4 rings (SSSR count). The monoisotopic (exact) mass is 381 g/mol. The van der Waals surface area contributed by atoms with Crippen molar-refractivity contribution in [3.05, 3.63) is 48.2 Å². The lowest BCUT2D eigenvalue weighted by molar-refractivity contribution is 0.0398. The fourth-order valence-corrected chi connectivity index (χ4v) is 3.51. The highest BCUT2D eigenvalue weighted by Gasteiger charge is 2.24. The van der Waals surface area contributed by atoms with E-state index in [9.17, 15) is 0 Å². The summed E-state index contributed by atoms with van der Waals surface area (Å²) in [4.78, 5) is 2.28. The van der Waals surface area contributed by atoms with E-state index in [1.807, 2.05) is 36.4 Å². The molecule has 0 N–H and O–H groups in total. The van der Waals surface area contributed by atoms with Crippen LogP contribution >= 0.6 is 0 Å². The minimum absolute atomic E-state index is 0.0250. The molecule has 1 atom stereocenters. The maximum atomic E-state index is 6.02. The Morgan fingerprint density at radius 2 is 1.75 bits per heavy atom. The first-order chi connectivity index (χ1) is 13.7. The molecule has 3 aromatic rings. The highest BCUT2D eigenvalue weighted by molar-refractivity contribution is 5.93. The van der Waals surface area contributed by atoms with Gasteiger partial charge in [0, 0.05) is 24.5 Å². The molecular weight excluding hydrogens is 358 g/mol. The van der Waals surface area contributed by atoms with Crippen LogP contribution in [0.5, 0.6) is 17.2 Å². The zero-order valence-electron chi connectivity index (χ0n) is 16.2. The lowest BCUT2D eigenvalue weighted by Gasteiger charge is -2.35. The molecular formula is C21H23N3O4. The lowest BCUT2D eigenvalue weighted by atomic mass is 10.1. The second-order valence-electron chi connectivity index (χ2n) is 6.53. The number of aromatic nitrogens is 2. The Hall–Kier alpha value is -3.06. The van der Waals surface area contributed by atoms with E-state index in [0.717, 1.165) is 41.0 Å². The Morgan fingerprint density at radius 3 is 2.46 bits per heavy atom. The largest absolute Gasteiger partial charge is 0.497 e. The van der Waals surface area contributed by atoms with E-state index in [1.54, 1.807) is 27.5 Å². The molecule has 146 valence electrons. The third kappa shape index (κ3) is 3.41. The van der Waals surface area contributed by atoms with Gasteiger partial charge in [-0.1, -0.05) is 12.1 Å². The molecule has 1 aliphatic heterocycles. The molecule has 1 saturated heterocycles. The van der Waals surface area contributed by atoms with Gasteiger partial charge in [0.15, 0.2) is 11.5 Å². The number of benzene rings is 2. The summed E-state index contributed by atoms with van der Waals surface area (Å²) in [7, 11) is 4.91. The van der Waals surface area contributed by atoms with Crippen LogP contribution in [0.4, 0.5) is 5.69 Å². The zero-order valence-corrected chi connectivity index (χ0v) is 16.2. The molecule has 0 radical (unpaired) electrons. The van der Waals surface area contributed by atoms with Crippen LogP contribution in [0.3, 0.4) is 0 Å². The second-order valence-corrected chi connectivity index (χ2v) is 6.53. The summed E-state index contributed by atoms with van der Waals surface area (Å²) in [6.07, 6.45) is 1.77. The number of anilines is 1. The maximum absolute atomic E-state index is 6.02. The van der Waals surface area contributed by atoms with Crippen LogP contribution in [0.1, 0.15) is 11.7 Å². The van der Waals surface area contributed by atoms with Crippen molar-refractivity contribution in [2.75, 3.05) is 45.9 Å². The van der Waals surface area contributed by atoms with Crippen molar-refractivity contribution in [3.8, 4) is 17.2 Å². The van der Waals surface area contributed by atoms with E-state index in [1.165, 1.54) is 0 Å². The van der Waals surface area contributed by atoms with Gasteiger partial charge in [0.1, 0.15) is 11.9 Å². The summed E-state index contributed by atoms with van der Waals surface area (Å²) < 4.78 is 22.1. The fourth-order valence-electron chi connectivity index (χ4n) is 3.51. The topological polar surface area (TPSA) is 65.9 Å². The van der Waals surface area contributed by atoms with Crippen LogP contribution < -0.4 is 19.1 Å². The average Bonchev–Trinajstić information content (AvgIpc) is 2.77. The van der Waals surface area contributed by atoms with E-state index in [-0.39, 0.29) is 6.10 Å². The van der Waals surface area contributed by atoms with Gasteiger partial charge in [0.2, 0.25) is 0 Å². The molecule has 0 amide bonds. The van der Waals surface area contributed by atoms with Crippen LogP contribution in [0, 0.1) is 0 Å². The third-order valence-electron chi connectivity index (χ3n) is 5.02. The van der Waals surface area contributed by atoms with Gasteiger partial charge < -0.3 is 23.8 Å². The van der Waals surface area contributed by atoms with E-state index in [4.69, 9.17) is 18.9 Å². The van der Waals surface area contributed by atoms with E-state index < -0.39 is 0 Å². The quantitative estimate of drug-likeness (QED) is 0.672. The summed E-state index contributed by atoms with van der Waals surface area (Å²) in [6, 6.07) is 11.8. The minimum atomic E-state index is -0.0250. The van der Waals surface area contributed by atoms with Crippen molar-refractivity contribution in [2.24, 2.45) is 0 Å². The van der Waals surface area contributed by atoms with Crippen molar-refractivity contribution < 1.29 is 18.9 Å². The number of rotatable bonds is 5. The molecule has 2 aromatic carbocycles. The summed E-state index contributed by atoms with van der Waals surface area (Å²) >= 11 is 0. The molecule has 2 heterocycles. The van der Waals surface area contributed by atoms with E-state index in [0.29, 0.717) is 18.1 Å². The summed E-state index contributed by atoms with van der Waals surface area (Å²) in [6.45, 7) is 2.14. The molecule has 0 aliphatic carbocycles. The first kappa shape index (κ1) is 18.3. The third-order valence-corrected chi connectivity index (χ3v) is 5.02. The predicted octanol–water partition coefficient (Wildman–Crippen LogP) is 3.23. The van der Waals surface area contributed by atoms with Crippen LogP contribution in [-0.2, 0) is 4.74 Å². The van der Waals surface area contributed by atoms with Gasteiger partial charge in [-0.2, -0.15) is 10.2 Å². The number of fused-ring (bicyclic) bond motifs is 1. The molecule has 0 unspecified atom stereocenters. The van der Waals surface area contributed by atoms with Gasteiger partial charge in [-0.25, -0.2) is 0 Å². The molecule has 1 fully saturated rings. The van der Waals surface area contributed by atoms with Crippen LogP contribution in [0.2, 0.25) is 0 Å². The molecule has 0 saturated carbocycles. The van der Waals surface area contributed by atoms with Crippen molar-refractivity contribution >= 4 is 16.6 Å². The molecule has 7 heteroatoms. The summed E-state index contributed by atoms with van der Waals surface area (Å²) in [5.74, 6) is 2.14. The maximum Gasteiger partial charge on any atom is 0.162 e. The summed E-state index contributed by atoms with van der Waals surface area (Å²) in [5.41, 5.74) is 2.89. The lowest BCUT2D eigenvalue weighted by Crippen LogP contribution is -2.38. The van der Waals surface area contributed by atoms with E-state index >= 15 is 0 Å². The number of morpholine rings is 1. The average molecular weight is 381 g/mol. The first-order valence-electron chi connectivity index (χ1n) is 9.11. The molecule has 28 heavy (non-hydrogen) atoms. The van der Waals surface area contributed by atoms with Gasteiger partial charge in [0.25, 0.3) is 0 Å². The van der Waals surface area contributed by atoms with Crippen LogP contribution in [0.25, 0.3) is 10.9 Å². The number of hydrogen-bond acceptors (Lipinski definition) is 7. The second kappa shape index (κ2) is 7.90. The van der Waals surface area contributed by atoms with Crippen molar-refractivity contribution in [3.63, 3.8) is 0 Å². The van der Waals surface area contributed by atoms with Gasteiger partial charge >= 0.3 is 0 Å². The number of ether oxygens (including phenoxy) is 4. The number of nitrogens with zero attached hydrogens (tertiary/aromatic N) is 3. The highest BCUT2D eigenvalue weighted by atomic mass is 16.5. The number of hydrogen-bond donors (Lipinski definition) is 0. The van der Waals surface area contributed by atoms with Gasteiger partial charge in [-0.05, 0) is 23.8 Å². The molecule has 1 aliphatic rings. The summed E-state index contributed by atoms with van der Waals surface area (Å²) in [5, 5.41) is 9.43. The Labute approximate surface area is 163 Å². The van der Waals surface area contributed by atoms with Crippen LogP contribution in [-0.4, -0.2) is 51.2 Å². The standard InChI is InChI=1S/C21H23N3O4/c1-25-15-6-4-14(5-7-15)21-13-24(8-9-28-21)18-12-22-23-17-11-20(27-3)19(26-2)10-16(17)18/h4-7,10-12,21H,8-9,13H2,1-3H3/t21-/m1/s1. The van der Waals surface area contributed by atoms with Gasteiger partial charge in [-0.3, -0.25) is 0 Å². The molecule has 0 spiro atoms. The van der Waals surface area contributed by atoms with Gasteiger partial charge in [0.05, 0.1) is 45.3 Å². The zero-order chi connectivity index (χ0) is 19.5. The molecule has 0 bridgehead atoms.